The molecule has 1 spiro atoms. The molecule has 3 amide bonds. The SMILES string of the molecule is C=CCCC(=O)N[C@H](C)[C@@H](OC(=O)[C@@H]1[C@H]2O[C@@]3(CC2Br)[C@H](C(=O)N(CC=C)C(C)CCC)N(CCCCO)C(=O)[C@@H]13)c1ccccc1. The lowest BCUT2D eigenvalue weighted by Crippen LogP contribution is -2.58. The number of fused-ring (bicyclic) bond motifs is 1. The molecule has 0 aromatic heterocycles. The van der Waals surface area contributed by atoms with Crippen LogP contribution in [0.4, 0.5) is 0 Å². The van der Waals surface area contributed by atoms with E-state index in [1.54, 1.807) is 28.9 Å². The number of hydrogen-bond acceptors (Lipinski definition) is 7. The summed E-state index contributed by atoms with van der Waals surface area (Å²) in [7, 11) is 0. The highest BCUT2D eigenvalue weighted by Crippen LogP contribution is 2.60. The third kappa shape index (κ3) is 7.52. The van der Waals surface area contributed by atoms with Gasteiger partial charge in [-0.3, -0.25) is 19.2 Å². The molecule has 47 heavy (non-hydrogen) atoms. The highest BCUT2D eigenvalue weighted by molar-refractivity contribution is 9.09. The van der Waals surface area contributed by atoms with Crippen LogP contribution in [-0.2, 0) is 28.7 Å². The molecular weight excluding hydrogens is 666 g/mol. The molecule has 2 unspecified atom stereocenters. The minimum atomic E-state index is -1.23. The Morgan fingerprint density at radius 2 is 1.94 bits per heavy atom. The molecule has 0 radical (unpaired) electrons. The largest absolute Gasteiger partial charge is 0.455 e. The van der Waals surface area contributed by atoms with Gasteiger partial charge in [-0.05, 0) is 51.5 Å². The van der Waals surface area contributed by atoms with Gasteiger partial charge in [0.25, 0.3) is 0 Å². The normalized spacial score (nSPS) is 27.9. The lowest BCUT2D eigenvalue weighted by molar-refractivity contribution is -0.162. The van der Waals surface area contributed by atoms with Gasteiger partial charge in [0, 0.05) is 37.0 Å². The number of carbonyl (C=O) groups is 4. The number of aliphatic hydroxyl groups is 1. The standard InChI is InChI=1S/C36H50BrN3O7/c1-6-9-18-27(42)38-24(5)30(25-16-11-10-12-17-25)46-35(45)28-29-33(43)40(20-13-14-21-41)32(36(29)22-26(37)31(28)47-36)34(44)39(19-8-3)23(4)15-7-2/h6,8,10-12,16-17,23-24,26,28-32,41H,1,3,7,9,13-15,18-22H2,2,4-5H3,(H,38,42)/t23?,24-,26?,28+,29-,30-,31+,32+,36-/m1/s1. The molecule has 3 saturated heterocycles. The van der Waals surface area contributed by atoms with Crippen LogP contribution >= 0.6 is 15.9 Å². The first-order chi connectivity index (χ1) is 22.6. The first-order valence-electron chi connectivity index (χ1n) is 16.9. The fraction of sp³-hybridized carbons (Fsp3) is 0.611. The molecule has 3 aliphatic rings. The predicted molar refractivity (Wildman–Crippen MR) is 182 cm³/mol. The van der Waals surface area contributed by atoms with Crippen molar-refractivity contribution in [2.24, 2.45) is 11.8 Å². The van der Waals surface area contributed by atoms with Gasteiger partial charge in [0.1, 0.15) is 17.7 Å². The summed E-state index contributed by atoms with van der Waals surface area (Å²) in [5, 5.41) is 12.4. The summed E-state index contributed by atoms with van der Waals surface area (Å²) in [4.78, 5) is 59.0. The van der Waals surface area contributed by atoms with Gasteiger partial charge in [0.15, 0.2) is 0 Å². The molecule has 3 fully saturated rings. The number of carbonyl (C=O) groups excluding carboxylic acids is 4. The number of esters is 1. The maximum absolute atomic E-state index is 14.6. The average molecular weight is 717 g/mol. The molecule has 10 nitrogen and oxygen atoms in total. The monoisotopic (exact) mass is 715 g/mol. The number of likely N-dealkylation sites (tertiary alicyclic amines) is 1. The van der Waals surface area contributed by atoms with E-state index < -0.39 is 47.7 Å². The smallest absolute Gasteiger partial charge is 0.313 e. The second kappa shape index (κ2) is 16.4. The van der Waals surface area contributed by atoms with Gasteiger partial charge >= 0.3 is 5.97 Å². The first-order valence-corrected chi connectivity index (χ1v) is 17.8. The van der Waals surface area contributed by atoms with Crippen LogP contribution in [0.3, 0.4) is 0 Å². The molecule has 3 heterocycles. The van der Waals surface area contributed by atoms with Crippen molar-refractivity contribution in [2.45, 2.75) is 106 Å². The van der Waals surface area contributed by atoms with E-state index in [-0.39, 0.29) is 48.2 Å². The van der Waals surface area contributed by atoms with E-state index in [9.17, 15) is 24.3 Å². The van der Waals surface area contributed by atoms with Crippen LogP contribution in [0, 0.1) is 11.8 Å². The number of nitrogens with one attached hydrogen (secondary N) is 1. The van der Waals surface area contributed by atoms with Gasteiger partial charge in [0.05, 0.1) is 24.0 Å². The molecule has 2 bridgehead atoms. The number of hydrogen-bond donors (Lipinski definition) is 2. The highest BCUT2D eigenvalue weighted by Gasteiger charge is 2.77. The van der Waals surface area contributed by atoms with Crippen molar-refractivity contribution >= 4 is 39.6 Å². The third-order valence-electron chi connectivity index (χ3n) is 9.74. The zero-order valence-electron chi connectivity index (χ0n) is 27.8. The third-order valence-corrected chi connectivity index (χ3v) is 10.6. The number of alkyl halides is 1. The second-order valence-electron chi connectivity index (χ2n) is 13.0. The van der Waals surface area contributed by atoms with Gasteiger partial charge in [-0.25, -0.2) is 0 Å². The zero-order valence-corrected chi connectivity index (χ0v) is 29.4. The van der Waals surface area contributed by atoms with Crippen LogP contribution < -0.4 is 5.32 Å². The van der Waals surface area contributed by atoms with Gasteiger partial charge in [-0.1, -0.05) is 71.8 Å². The summed E-state index contributed by atoms with van der Waals surface area (Å²) in [6.07, 6.45) is 5.64. The summed E-state index contributed by atoms with van der Waals surface area (Å²) >= 11 is 3.73. The predicted octanol–water partition coefficient (Wildman–Crippen LogP) is 4.47. The summed E-state index contributed by atoms with van der Waals surface area (Å²) in [5.74, 6) is -3.21. The van der Waals surface area contributed by atoms with Crippen molar-refractivity contribution in [3.05, 3.63) is 61.2 Å². The Balaban J connectivity index is 1.69. The molecule has 4 rings (SSSR count). The quantitative estimate of drug-likeness (QED) is 0.0995. The Morgan fingerprint density at radius 3 is 2.57 bits per heavy atom. The number of halogens is 1. The Bertz CT molecular complexity index is 1290. The summed E-state index contributed by atoms with van der Waals surface area (Å²) in [5.41, 5.74) is -0.526. The summed E-state index contributed by atoms with van der Waals surface area (Å²) < 4.78 is 12.9. The highest BCUT2D eigenvalue weighted by atomic mass is 79.9. The van der Waals surface area contributed by atoms with Crippen molar-refractivity contribution in [3.63, 3.8) is 0 Å². The number of aliphatic hydroxyl groups excluding tert-OH is 1. The van der Waals surface area contributed by atoms with Gasteiger partial charge < -0.3 is 29.7 Å². The second-order valence-corrected chi connectivity index (χ2v) is 14.2. The maximum atomic E-state index is 14.6. The van der Waals surface area contributed by atoms with E-state index >= 15 is 0 Å². The Labute approximate surface area is 287 Å². The maximum Gasteiger partial charge on any atom is 0.313 e. The number of allylic oxidation sites excluding steroid dienone is 1. The van der Waals surface area contributed by atoms with E-state index in [1.165, 1.54) is 0 Å². The molecule has 9 atom stereocenters. The molecule has 11 heteroatoms. The zero-order chi connectivity index (χ0) is 34.3. The Hall–Kier alpha value is -3.02. The molecule has 0 saturated carbocycles. The van der Waals surface area contributed by atoms with Crippen molar-refractivity contribution < 1.29 is 33.8 Å². The Morgan fingerprint density at radius 1 is 1.21 bits per heavy atom. The topological polar surface area (TPSA) is 125 Å². The summed E-state index contributed by atoms with van der Waals surface area (Å²) in [6, 6.07) is 7.60. The number of unbranched alkanes of at least 4 members (excludes halogenated alkanes) is 1. The molecule has 0 aliphatic carbocycles. The van der Waals surface area contributed by atoms with Crippen LogP contribution in [-0.4, -0.2) is 93.0 Å². The Kier molecular flexibility index (Phi) is 12.8. The number of ether oxygens (including phenoxy) is 2. The van der Waals surface area contributed by atoms with Crippen LogP contribution in [0.2, 0.25) is 0 Å². The van der Waals surface area contributed by atoms with E-state index in [0.717, 1.165) is 12.8 Å². The molecule has 258 valence electrons. The number of rotatable bonds is 18. The van der Waals surface area contributed by atoms with E-state index in [2.05, 4.69) is 41.3 Å². The lowest BCUT2D eigenvalue weighted by atomic mass is 9.70. The lowest BCUT2D eigenvalue weighted by Gasteiger charge is -2.39. The van der Waals surface area contributed by atoms with Crippen molar-refractivity contribution in [2.75, 3.05) is 19.7 Å². The molecule has 2 N–H and O–H groups in total. The first kappa shape index (κ1) is 36.8. The van der Waals surface area contributed by atoms with E-state index in [1.807, 2.05) is 37.3 Å². The van der Waals surface area contributed by atoms with Gasteiger partial charge in [0.2, 0.25) is 17.7 Å². The molecule has 1 aromatic carbocycles. The van der Waals surface area contributed by atoms with E-state index in [4.69, 9.17) is 9.47 Å². The molecule has 1 aromatic rings. The van der Waals surface area contributed by atoms with Gasteiger partial charge in [-0.15, -0.1) is 13.2 Å². The molecular formula is C36H50BrN3O7. The van der Waals surface area contributed by atoms with Crippen LogP contribution in [0.1, 0.15) is 77.4 Å². The molecule has 3 aliphatic heterocycles. The summed E-state index contributed by atoms with van der Waals surface area (Å²) in [6.45, 7) is 13.9. The van der Waals surface area contributed by atoms with Crippen LogP contribution in [0.25, 0.3) is 0 Å². The fourth-order valence-electron chi connectivity index (χ4n) is 7.61. The van der Waals surface area contributed by atoms with Crippen molar-refractivity contribution in [3.8, 4) is 0 Å². The average Bonchev–Trinajstić information content (AvgIpc) is 3.64. The number of benzene rings is 1. The minimum Gasteiger partial charge on any atom is -0.455 e. The minimum absolute atomic E-state index is 0.0362. The van der Waals surface area contributed by atoms with Gasteiger partial charge in [-0.2, -0.15) is 0 Å². The van der Waals surface area contributed by atoms with Crippen molar-refractivity contribution in [1.29, 1.82) is 0 Å². The number of amides is 3. The van der Waals surface area contributed by atoms with Crippen LogP contribution in [0.5, 0.6) is 0 Å². The fourth-order valence-corrected chi connectivity index (χ4v) is 8.55. The van der Waals surface area contributed by atoms with Crippen LogP contribution in [0.15, 0.2) is 55.6 Å². The van der Waals surface area contributed by atoms with E-state index in [0.29, 0.717) is 37.8 Å². The van der Waals surface area contributed by atoms with Crippen molar-refractivity contribution in [1.82, 2.24) is 15.1 Å². The number of nitrogens with zero attached hydrogens (tertiary/aromatic N) is 2.